The van der Waals surface area contributed by atoms with Crippen LogP contribution in [0.25, 0.3) is 17.5 Å². The van der Waals surface area contributed by atoms with Gasteiger partial charge in [0.2, 0.25) is 0 Å². The second kappa shape index (κ2) is 7.94. The normalized spacial score (nSPS) is 14.1. The number of allylic oxidation sites excluding steroid dienone is 3. The Morgan fingerprint density at radius 1 is 1.11 bits per heavy atom. The van der Waals surface area contributed by atoms with Gasteiger partial charge in [0.25, 0.3) is 0 Å². The average molecular weight is 422 g/mol. The van der Waals surface area contributed by atoms with Gasteiger partial charge in [0.05, 0.1) is 16.2 Å². The summed E-state index contributed by atoms with van der Waals surface area (Å²) in [5.41, 5.74) is -5.45. The van der Waals surface area contributed by atoms with E-state index in [2.05, 4.69) is 9.97 Å². The Labute approximate surface area is 159 Å². The first-order valence-electron chi connectivity index (χ1n) is 7.89. The standard InChI is InChI=1S/C18H16F6N2OS/c1-10(2)8-12(17(19,20)21)9-14-11(3)25-16(26-14)13-6-4-5-7-15(13)28(27)18(22,23)24/h4-9H,1-3H3,(H,25,26)/b12-9+. The van der Waals surface area contributed by atoms with Crippen molar-refractivity contribution in [1.82, 2.24) is 9.97 Å². The molecular formula is C18H16F6N2OS. The molecular weight excluding hydrogens is 406 g/mol. The Balaban J connectivity index is 2.59. The molecule has 3 nitrogen and oxygen atoms in total. The summed E-state index contributed by atoms with van der Waals surface area (Å²) in [7, 11) is -3.31. The van der Waals surface area contributed by atoms with Gasteiger partial charge in [-0.25, -0.2) is 9.19 Å². The van der Waals surface area contributed by atoms with Crippen molar-refractivity contribution >= 4 is 16.9 Å². The Kier molecular flexibility index (Phi) is 6.22. The second-order valence-electron chi connectivity index (χ2n) is 6.13. The number of imidazole rings is 1. The molecule has 152 valence electrons. The monoisotopic (exact) mass is 422 g/mol. The van der Waals surface area contributed by atoms with Crippen LogP contribution >= 0.6 is 0 Å². The molecule has 0 amide bonds. The molecule has 2 rings (SSSR count). The molecule has 0 aliphatic carbocycles. The maximum atomic E-state index is 13.2. The molecule has 0 bridgehead atoms. The van der Waals surface area contributed by atoms with Gasteiger partial charge in [-0.1, -0.05) is 29.8 Å². The zero-order valence-electron chi connectivity index (χ0n) is 15.0. The quantitative estimate of drug-likeness (QED) is 0.491. The third kappa shape index (κ3) is 5.12. The summed E-state index contributed by atoms with van der Waals surface area (Å²) < 4.78 is 90.0. The summed E-state index contributed by atoms with van der Waals surface area (Å²) in [6.07, 6.45) is -2.87. The van der Waals surface area contributed by atoms with E-state index in [9.17, 15) is 30.6 Å². The molecule has 1 N–H and O–H groups in total. The highest BCUT2D eigenvalue weighted by Gasteiger charge is 2.39. The lowest BCUT2D eigenvalue weighted by molar-refractivity contribution is -0.0873. The zero-order valence-corrected chi connectivity index (χ0v) is 15.8. The van der Waals surface area contributed by atoms with E-state index < -0.39 is 33.0 Å². The van der Waals surface area contributed by atoms with Crippen LogP contribution in [0.5, 0.6) is 0 Å². The first-order chi connectivity index (χ1) is 12.8. The molecule has 0 saturated carbocycles. The summed E-state index contributed by atoms with van der Waals surface area (Å²) in [4.78, 5) is 6.15. The fraction of sp³-hybridized carbons (Fsp3) is 0.278. The molecule has 1 unspecified atom stereocenters. The van der Waals surface area contributed by atoms with Crippen LogP contribution in [-0.2, 0) is 10.8 Å². The van der Waals surface area contributed by atoms with E-state index in [1.807, 2.05) is 0 Å². The highest BCUT2D eigenvalue weighted by molar-refractivity contribution is 7.86. The number of rotatable bonds is 4. The SMILES string of the molecule is CC(C)=C/C(=C\c1nc(-c2ccccc2S(=O)C(F)(F)F)[nH]c1C)C(F)(F)F. The summed E-state index contributed by atoms with van der Waals surface area (Å²) in [5, 5.41) is 0. The van der Waals surface area contributed by atoms with Crippen molar-refractivity contribution in [2.24, 2.45) is 0 Å². The van der Waals surface area contributed by atoms with Gasteiger partial charge >= 0.3 is 11.7 Å². The lowest BCUT2D eigenvalue weighted by atomic mass is 10.1. The van der Waals surface area contributed by atoms with E-state index in [1.165, 1.54) is 39.0 Å². The fourth-order valence-electron chi connectivity index (χ4n) is 2.35. The molecule has 0 aliphatic rings. The third-order valence-corrected chi connectivity index (χ3v) is 4.71. The number of nitrogens with one attached hydrogen (secondary N) is 1. The number of aromatic nitrogens is 2. The average Bonchev–Trinajstić information content (AvgIpc) is 2.92. The number of alkyl halides is 6. The molecule has 0 spiro atoms. The molecule has 10 heteroatoms. The highest BCUT2D eigenvalue weighted by atomic mass is 32.2. The number of nitrogens with zero attached hydrogens (tertiary/aromatic N) is 1. The van der Waals surface area contributed by atoms with Gasteiger partial charge in [-0.05, 0) is 32.9 Å². The molecule has 2 aromatic rings. The van der Waals surface area contributed by atoms with E-state index >= 15 is 0 Å². The number of aryl methyl sites for hydroxylation is 1. The lowest BCUT2D eigenvalue weighted by Gasteiger charge is -2.09. The van der Waals surface area contributed by atoms with E-state index in [1.54, 1.807) is 0 Å². The van der Waals surface area contributed by atoms with Crippen LogP contribution in [0.3, 0.4) is 0 Å². The maximum Gasteiger partial charge on any atom is 0.475 e. The third-order valence-electron chi connectivity index (χ3n) is 3.54. The molecule has 0 fully saturated rings. The van der Waals surface area contributed by atoms with Crippen LogP contribution < -0.4 is 0 Å². The topological polar surface area (TPSA) is 45.8 Å². The minimum absolute atomic E-state index is 0.0765. The fourth-order valence-corrected chi connectivity index (χ4v) is 3.17. The van der Waals surface area contributed by atoms with Crippen LogP contribution in [0.1, 0.15) is 25.2 Å². The number of hydrogen-bond donors (Lipinski definition) is 1. The minimum atomic E-state index is -4.98. The number of H-pyrrole nitrogens is 1. The van der Waals surface area contributed by atoms with Gasteiger partial charge in [-0.15, -0.1) is 0 Å². The van der Waals surface area contributed by atoms with Crippen molar-refractivity contribution in [3.63, 3.8) is 0 Å². The van der Waals surface area contributed by atoms with Gasteiger partial charge in [0, 0.05) is 11.3 Å². The largest absolute Gasteiger partial charge is 0.475 e. The Morgan fingerprint density at radius 2 is 1.71 bits per heavy atom. The number of halogens is 6. The molecule has 0 aliphatic heterocycles. The summed E-state index contributed by atoms with van der Waals surface area (Å²) in [6, 6.07) is 5.02. The Morgan fingerprint density at radius 3 is 2.25 bits per heavy atom. The molecule has 0 saturated heterocycles. The first-order valence-corrected chi connectivity index (χ1v) is 9.04. The maximum absolute atomic E-state index is 13.2. The molecule has 0 radical (unpaired) electrons. The van der Waals surface area contributed by atoms with E-state index in [-0.39, 0.29) is 22.8 Å². The predicted octanol–water partition coefficient (Wildman–Crippen LogP) is 5.92. The van der Waals surface area contributed by atoms with Crippen LogP contribution in [-0.4, -0.2) is 25.9 Å². The van der Waals surface area contributed by atoms with Crippen LogP contribution in [0, 0.1) is 6.92 Å². The van der Waals surface area contributed by atoms with Gasteiger partial charge in [-0.2, -0.15) is 26.3 Å². The Bertz CT molecular complexity index is 950. The van der Waals surface area contributed by atoms with Crippen molar-refractivity contribution in [2.75, 3.05) is 0 Å². The summed E-state index contributed by atoms with van der Waals surface area (Å²) in [6.45, 7) is 4.46. The van der Waals surface area contributed by atoms with Gasteiger partial charge in [-0.3, -0.25) is 0 Å². The van der Waals surface area contributed by atoms with E-state index in [4.69, 9.17) is 0 Å². The van der Waals surface area contributed by atoms with Crippen LogP contribution in [0.4, 0.5) is 26.3 Å². The van der Waals surface area contributed by atoms with Crippen molar-refractivity contribution in [2.45, 2.75) is 37.4 Å². The summed E-state index contributed by atoms with van der Waals surface area (Å²) >= 11 is 0. The number of hydrogen-bond acceptors (Lipinski definition) is 2. The van der Waals surface area contributed by atoms with Crippen molar-refractivity contribution in [3.8, 4) is 11.4 Å². The Hall–Kier alpha value is -2.36. The van der Waals surface area contributed by atoms with E-state index in [0.717, 1.165) is 18.2 Å². The van der Waals surface area contributed by atoms with Crippen molar-refractivity contribution in [1.29, 1.82) is 0 Å². The lowest BCUT2D eigenvalue weighted by Crippen LogP contribution is -2.17. The van der Waals surface area contributed by atoms with Crippen LogP contribution in [0.15, 0.2) is 46.4 Å². The molecule has 1 heterocycles. The molecule has 1 aromatic carbocycles. The number of benzene rings is 1. The smallest absolute Gasteiger partial charge is 0.342 e. The zero-order chi connectivity index (χ0) is 21.3. The van der Waals surface area contributed by atoms with E-state index in [0.29, 0.717) is 5.57 Å². The van der Waals surface area contributed by atoms with Crippen molar-refractivity contribution < 1.29 is 30.6 Å². The summed E-state index contributed by atoms with van der Waals surface area (Å²) in [5.74, 6) is -0.101. The minimum Gasteiger partial charge on any atom is -0.342 e. The number of aromatic amines is 1. The highest BCUT2D eigenvalue weighted by Crippen LogP contribution is 2.34. The van der Waals surface area contributed by atoms with Crippen molar-refractivity contribution in [3.05, 3.63) is 52.9 Å². The van der Waals surface area contributed by atoms with Crippen LogP contribution in [0.2, 0.25) is 0 Å². The van der Waals surface area contributed by atoms with Gasteiger partial charge in [0.1, 0.15) is 5.82 Å². The van der Waals surface area contributed by atoms with Gasteiger partial charge < -0.3 is 4.98 Å². The molecule has 1 atom stereocenters. The first kappa shape index (κ1) is 21.9. The molecule has 28 heavy (non-hydrogen) atoms. The molecule has 1 aromatic heterocycles. The second-order valence-corrected chi connectivity index (χ2v) is 7.57. The van der Waals surface area contributed by atoms with Gasteiger partial charge in [0.15, 0.2) is 10.8 Å². The predicted molar refractivity (Wildman–Crippen MR) is 94.7 cm³/mol.